The highest BCUT2D eigenvalue weighted by molar-refractivity contribution is 5.98. The Bertz CT molecular complexity index is 969. The summed E-state index contributed by atoms with van der Waals surface area (Å²) in [4.78, 5) is 12.9. The number of amides is 1. The Labute approximate surface area is 165 Å². The van der Waals surface area contributed by atoms with Gasteiger partial charge in [0.05, 0.1) is 7.11 Å². The highest BCUT2D eigenvalue weighted by atomic mass is 16.5. The van der Waals surface area contributed by atoms with E-state index >= 15 is 0 Å². The molecule has 0 radical (unpaired) electrons. The number of ether oxygens (including phenoxy) is 2. The van der Waals surface area contributed by atoms with Crippen LogP contribution in [0.1, 0.15) is 28.8 Å². The average molecular weight is 378 g/mol. The molecule has 5 nitrogen and oxygen atoms in total. The molecule has 4 rings (SSSR count). The Hall–Kier alpha value is -2.79. The summed E-state index contributed by atoms with van der Waals surface area (Å²) in [5, 5.41) is 4.32. The first-order chi connectivity index (χ1) is 13.6. The predicted molar refractivity (Wildman–Crippen MR) is 110 cm³/mol. The zero-order chi connectivity index (χ0) is 19.6. The number of rotatable bonds is 5. The van der Waals surface area contributed by atoms with Gasteiger partial charge in [0.15, 0.2) is 0 Å². The molecule has 0 bridgehead atoms. The molecular weight excluding hydrogens is 352 g/mol. The van der Waals surface area contributed by atoms with Crippen LogP contribution >= 0.6 is 0 Å². The third-order valence-corrected chi connectivity index (χ3v) is 5.89. The van der Waals surface area contributed by atoms with Gasteiger partial charge in [-0.1, -0.05) is 18.2 Å². The molecule has 1 fully saturated rings. The minimum Gasteiger partial charge on any atom is -0.497 e. The summed E-state index contributed by atoms with van der Waals surface area (Å²) >= 11 is 0. The van der Waals surface area contributed by atoms with E-state index in [-0.39, 0.29) is 11.3 Å². The molecule has 0 atom stereocenters. The zero-order valence-corrected chi connectivity index (χ0v) is 16.4. The van der Waals surface area contributed by atoms with Crippen molar-refractivity contribution in [3.8, 4) is 5.75 Å². The molecule has 1 aromatic heterocycles. The Kier molecular flexibility index (Phi) is 5.09. The lowest BCUT2D eigenvalue weighted by molar-refractivity contribution is 0.0487. The fourth-order valence-corrected chi connectivity index (χ4v) is 4.03. The van der Waals surface area contributed by atoms with Crippen LogP contribution in [0.3, 0.4) is 0 Å². The van der Waals surface area contributed by atoms with E-state index in [9.17, 15) is 4.79 Å². The third kappa shape index (κ3) is 3.50. The number of aryl methyl sites for hydroxylation is 1. The molecule has 3 aromatic rings. The summed E-state index contributed by atoms with van der Waals surface area (Å²) in [6, 6.07) is 16.1. The van der Waals surface area contributed by atoms with Gasteiger partial charge in [0.2, 0.25) is 0 Å². The first-order valence-electron chi connectivity index (χ1n) is 9.67. The van der Waals surface area contributed by atoms with Crippen molar-refractivity contribution in [1.82, 2.24) is 9.88 Å². The summed E-state index contributed by atoms with van der Waals surface area (Å²) in [6.07, 6.45) is 3.78. The van der Waals surface area contributed by atoms with Crippen LogP contribution in [-0.4, -0.2) is 37.3 Å². The second-order valence-corrected chi connectivity index (χ2v) is 7.50. The van der Waals surface area contributed by atoms with Crippen molar-refractivity contribution < 1.29 is 14.3 Å². The van der Waals surface area contributed by atoms with E-state index in [2.05, 4.69) is 23.5 Å². The molecule has 2 heterocycles. The van der Waals surface area contributed by atoms with Crippen LogP contribution in [0.4, 0.5) is 0 Å². The Morgan fingerprint density at radius 1 is 1.14 bits per heavy atom. The number of carbonyl (C=O) groups is 1. The maximum Gasteiger partial charge on any atom is 0.251 e. The normalized spacial score (nSPS) is 16.1. The van der Waals surface area contributed by atoms with Crippen molar-refractivity contribution in [2.75, 3.05) is 26.9 Å². The van der Waals surface area contributed by atoms with Crippen LogP contribution in [0, 0.1) is 0 Å². The molecule has 1 amide bonds. The number of nitrogens with one attached hydrogen (secondary N) is 1. The summed E-state index contributed by atoms with van der Waals surface area (Å²) < 4.78 is 12.9. The summed E-state index contributed by atoms with van der Waals surface area (Å²) in [5.74, 6) is 0.799. The number of nitrogens with zero attached hydrogens (tertiary/aromatic N) is 1. The number of carbonyl (C=O) groups excluding carboxylic acids is 1. The third-order valence-electron chi connectivity index (χ3n) is 5.89. The molecule has 0 saturated carbocycles. The van der Waals surface area contributed by atoms with Gasteiger partial charge in [-0.3, -0.25) is 4.79 Å². The minimum absolute atomic E-state index is 0.0394. The van der Waals surface area contributed by atoms with E-state index in [0.29, 0.717) is 25.3 Å². The lowest BCUT2D eigenvalue weighted by atomic mass is 9.74. The quantitative estimate of drug-likeness (QED) is 0.737. The molecular formula is C23H26N2O3. The van der Waals surface area contributed by atoms with Crippen LogP contribution in [-0.2, 0) is 17.2 Å². The van der Waals surface area contributed by atoms with E-state index < -0.39 is 0 Å². The van der Waals surface area contributed by atoms with Gasteiger partial charge in [0, 0.05) is 49.5 Å². The number of hydrogen-bond acceptors (Lipinski definition) is 3. The molecule has 146 valence electrons. The molecule has 1 aliphatic heterocycles. The first-order valence-corrected chi connectivity index (χ1v) is 9.67. The van der Waals surface area contributed by atoms with Crippen molar-refractivity contribution in [2.45, 2.75) is 18.3 Å². The van der Waals surface area contributed by atoms with E-state index in [0.717, 1.165) is 29.5 Å². The van der Waals surface area contributed by atoms with Crippen molar-refractivity contribution >= 4 is 16.8 Å². The maximum atomic E-state index is 12.9. The highest BCUT2D eigenvalue weighted by Gasteiger charge is 2.35. The monoisotopic (exact) mass is 378 g/mol. The first kappa shape index (κ1) is 18.6. The molecule has 1 N–H and O–H groups in total. The van der Waals surface area contributed by atoms with Gasteiger partial charge in [-0.15, -0.1) is 0 Å². The van der Waals surface area contributed by atoms with Crippen molar-refractivity contribution in [1.29, 1.82) is 0 Å². The number of hydrogen-bond donors (Lipinski definition) is 1. The minimum atomic E-state index is -0.116. The van der Waals surface area contributed by atoms with E-state index in [4.69, 9.17) is 9.47 Å². The number of fused-ring (bicyclic) bond motifs is 1. The van der Waals surface area contributed by atoms with Gasteiger partial charge in [-0.05, 0) is 54.1 Å². The van der Waals surface area contributed by atoms with E-state index in [1.54, 1.807) is 7.11 Å². The van der Waals surface area contributed by atoms with Gasteiger partial charge in [-0.25, -0.2) is 0 Å². The van der Waals surface area contributed by atoms with E-state index in [1.807, 2.05) is 48.1 Å². The predicted octanol–water partition coefficient (Wildman–Crippen LogP) is 3.67. The standard InChI is InChI=1S/C23H26N2O3/c1-25-12-9-17-3-4-18(15-21(17)25)22(26)24-16-23(10-13-28-14-11-23)19-5-7-20(27-2)8-6-19/h3-9,12,15H,10-11,13-14,16H2,1-2H3,(H,24,26). The van der Waals surface area contributed by atoms with Gasteiger partial charge in [0.1, 0.15) is 5.75 Å². The second-order valence-electron chi connectivity index (χ2n) is 7.50. The Balaban J connectivity index is 1.54. The smallest absolute Gasteiger partial charge is 0.251 e. The van der Waals surface area contributed by atoms with Crippen molar-refractivity contribution in [3.05, 3.63) is 65.9 Å². The van der Waals surface area contributed by atoms with Crippen molar-refractivity contribution in [2.24, 2.45) is 7.05 Å². The van der Waals surface area contributed by atoms with Crippen LogP contribution in [0.25, 0.3) is 10.9 Å². The highest BCUT2D eigenvalue weighted by Crippen LogP contribution is 2.35. The molecule has 1 saturated heterocycles. The zero-order valence-electron chi connectivity index (χ0n) is 16.4. The molecule has 0 spiro atoms. The second kappa shape index (κ2) is 7.68. The lowest BCUT2D eigenvalue weighted by Gasteiger charge is -2.38. The largest absolute Gasteiger partial charge is 0.497 e. The average Bonchev–Trinajstić information content (AvgIpc) is 3.13. The number of benzene rings is 2. The summed E-state index contributed by atoms with van der Waals surface area (Å²) in [5.41, 5.74) is 2.85. The fourth-order valence-electron chi connectivity index (χ4n) is 4.03. The Morgan fingerprint density at radius 2 is 1.89 bits per heavy atom. The van der Waals surface area contributed by atoms with Gasteiger partial charge in [0.25, 0.3) is 5.91 Å². The van der Waals surface area contributed by atoms with Gasteiger partial charge < -0.3 is 19.4 Å². The van der Waals surface area contributed by atoms with Gasteiger partial charge in [-0.2, -0.15) is 0 Å². The van der Waals surface area contributed by atoms with Crippen molar-refractivity contribution in [3.63, 3.8) is 0 Å². The lowest BCUT2D eigenvalue weighted by Crippen LogP contribution is -2.44. The Morgan fingerprint density at radius 3 is 2.61 bits per heavy atom. The SMILES string of the molecule is COc1ccc(C2(CNC(=O)c3ccc4ccn(C)c4c3)CCOCC2)cc1. The van der Waals surface area contributed by atoms with Gasteiger partial charge >= 0.3 is 0 Å². The van der Waals surface area contributed by atoms with Crippen LogP contribution in [0.5, 0.6) is 5.75 Å². The molecule has 1 aliphatic rings. The molecule has 0 unspecified atom stereocenters. The molecule has 0 aliphatic carbocycles. The molecule has 5 heteroatoms. The molecule has 2 aromatic carbocycles. The maximum absolute atomic E-state index is 12.9. The summed E-state index contributed by atoms with van der Waals surface area (Å²) in [6.45, 7) is 2.00. The summed E-state index contributed by atoms with van der Waals surface area (Å²) in [7, 11) is 3.66. The molecule has 28 heavy (non-hydrogen) atoms. The fraction of sp³-hybridized carbons (Fsp3) is 0.348. The van der Waals surface area contributed by atoms with Crippen LogP contribution in [0.15, 0.2) is 54.7 Å². The van der Waals surface area contributed by atoms with E-state index in [1.165, 1.54) is 5.56 Å². The van der Waals surface area contributed by atoms with Crippen LogP contribution < -0.4 is 10.1 Å². The number of aromatic nitrogens is 1. The number of methoxy groups -OCH3 is 1. The topological polar surface area (TPSA) is 52.5 Å². The van der Waals surface area contributed by atoms with Crippen LogP contribution in [0.2, 0.25) is 0 Å².